The lowest BCUT2D eigenvalue weighted by atomic mass is 10.2. The van der Waals surface area contributed by atoms with Crippen LogP contribution < -0.4 is 22.6 Å². The summed E-state index contributed by atoms with van der Waals surface area (Å²) < 4.78 is 2.62. The maximum absolute atomic E-state index is 12.3. The highest BCUT2D eigenvalue weighted by molar-refractivity contribution is 5.83. The van der Waals surface area contributed by atoms with Gasteiger partial charge in [-0.15, -0.1) is 0 Å². The average Bonchev–Trinajstić information content (AvgIpc) is 2.32. The molecule has 0 saturated carbocycles. The highest BCUT2D eigenvalue weighted by Gasteiger charge is 2.14. The van der Waals surface area contributed by atoms with Gasteiger partial charge in [0.2, 0.25) is 0 Å². The van der Waals surface area contributed by atoms with Crippen molar-refractivity contribution in [3.05, 3.63) is 38.9 Å². The Kier molecular flexibility index (Phi) is 2.96. The summed E-state index contributed by atoms with van der Waals surface area (Å²) in [4.78, 5) is 24.6. The van der Waals surface area contributed by atoms with E-state index in [2.05, 4.69) is 0 Å². The Morgan fingerprint density at radius 3 is 2.44 bits per heavy atom. The predicted octanol–water partition coefficient (Wildman–Crippen LogP) is 0.242. The highest BCUT2D eigenvalue weighted by Crippen LogP contribution is 2.11. The summed E-state index contributed by atoms with van der Waals surface area (Å²) in [7, 11) is 0. The van der Waals surface area contributed by atoms with Gasteiger partial charge in [-0.05, 0) is 32.0 Å². The smallest absolute Gasteiger partial charge is 0.274 e. The molecule has 18 heavy (non-hydrogen) atoms. The SMILES string of the molecule is CCn1c(=O)c2ccc(N)cc2c(=O)n1C(C)N. The molecule has 1 atom stereocenters. The lowest BCUT2D eigenvalue weighted by Crippen LogP contribution is -2.42. The van der Waals surface area contributed by atoms with E-state index >= 15 is 0 Å². The first-order valence-electron chi connectivity index (χ1n) is 5.77. The van der Waals surface area contributed by atoms with Crippen molar-refractivity contribution in [3.63, 3.8) is 0 Å². The zero-order chi connectivity index (χ0) is 13.4. The number of fused-ring (bicyclic) bond motifs is 1. The third kappa shape index (κ3) is 1.70. The van der Waals surface area contributed by atoms with E-state index in [1.165, 1.54) is 15.4 Å². The van der Waals surface area contributed by atoms with Crippen LogP contribution in [0, 0.1) is 0 Å². The standard InChI is InChI=1S/C12H16N4O2/c1-3-15-11(17)9-5-4-8(14)6-10(9)12(18)16(15)7(2)13/h4-7H,3,13-14H2,1-2H3. The van der Waals surface area contributed by atoms with Crippen molar-refractivity contribution in [2.24, 2.45) is 5.73 Å². The molecule has 1 aromatic heterocycles. The number of benzene rings is 1. The number of rotatable bonds is 2. The molecule has 0 aliphatic carbocycles. The van der Waals surface area contributed by atoms with Crippen molar-refractivity contribution in [2.45, 2.75) is 26.6 Å². The first-order chi connectivity index (χ1) is 8.47. The van der Waals surface area contributed by atoms with E-state index in [9.17, 15) is 9.59 Å². The molecule has 0 saturated heterocycles. The van der Waals surface area contributed by atoms with Crippen LogP contribution in [0.15, 0.2) is 27.8 Å². The van der Waals surface area contributed by atoms with Crippen molar-refractivity contribution in [3.8, 4) is 0 Å². The van der Waals surface area contributed by atoms with Crippen LogP contribution in [-0.2, 0) is 6.54 Å². The minimum absolute atomic E-state index is 0.232. The van der Waals surface area contributed by atoms with Crippen molar-refractivity contribution < 1.29 is 0 Å². The lowest BCUT2D eigenvalue weighted by molar-refractivity contribution is 0.377. The van der Waals surface area contributed by atoms with Gasteiger partial charge in [0.15, 0.2) is 0 Å². The molecule has 0 radical (unpaired) electrons. The molecular weight excluding hydrogens is 232 g/mol. The Balaban J connectivity index is 3.06. The second-order valence-electron chi connectivity index (χ2n) is 4.22. The van der Waals surface area contributed by atoms with E-state index in [1.54, 1.807) is 26.0 Å². The molecule has 0 bridgehead atoms. The molecule has 2 aromatic rings. The van der Waals surface area contributed by atoms with Crippen LogP contribution in [0.1, 0.15) is 20.0 Å². The number of hydrogen-bond donors (Lipinski definition) is 2. The first kappa shape index (κ1) is 12.4. The molecule has 0 aliphatic heterocycles. The van der Waals surface area contributed by atoms with Gasteiger partial charge in [0, 0.05) is 12.2 Å². The quantitative estimate of drug-likeness (QED) is 0.744. The molecule has 1 heterocycles. The van der Waals surface area contributed by atoms with Crippen LogP contribution in [0.2, 0.25) is 0 Å². The lowest BCUT2D eigenvalue weighted by Gasteiger charge is -2.18. The molecule has 1 aromatic carbocycles. The molecule has 4 N–H and O–H groups in total. The van der Waals surface area contributed by atoms with Gasteiger partial charge in [0.1, 0.15) is 0 Å². The fraction of sp³-hybridized carbons (Fsp3) is 0.333. The first-order valence-corrected chi connectivity index (χ1v) is 5.77. The number of nitrogens with two attached hydrogens (primary N) is 2. The molecule has 2 rings (SSSR count). The van der Waals surface area contributed by atoms with E-state index < -0.39 is 6.17 Å². The molecule has 6 heteroatoms. The van der Waals surface area contributed by atoms with Crippen molar-refractivity contribution in [1.29, 1.82) is 0 Å². The summed E-state index contributed by atoms with van der Waals surface area (Å²) in [6.07, 6.45) is -0.573. The van der Waals surface area contributed by atoms with E-state index in [-0.39, 0.29) is 11.1 Å². The van der Waals surface area contributed by atoms with Gasteiger partial charge >= 0.3 is 0 Å². The summed E-state index contributed by atoms with van der Waals surface area (Å²) in [6, 6.07) is 4.70. The summed E-state index contributed by atoms with van der Waals surface area (Å²) >= 11 is 0. The van der Waals surface area contributed by atoms with Gasteiger partial charge in [0.05, 0.1) is 16.9 Å². The van der Waals surface area contributed by atoms with Crippen LogP contribution >= 0.6 is 0 Å². The zero-order valence-corrected chi connectivity index (χ0v) is 10.4. The van der Waals surface area contributed by atoms with Gasteiger partial charge in [-0.3, -0.25) is 9.59 Å². The molecule has 0 spiro atoms. The highest BCUT2D eigenvalue weighted by atomic mass is 16.2. The van der Waals surface area contributed by atoms with Gasteiger partial charge in [-0.1, -0.05) is 0 Å². The summed E-state index contributed by atoms with van der Waals surface area (Å²) in [5.74, 6) is 0. The minimum Gasteiger partial charge on any atom is -0.399 e. The molecule has 0 fully saturated rings. The number of nitrogens with zero attached hydrogens (tertiary/aromatic N) is 2. The van der Waals surface area contributed by atoms with Gasteiger partial charge < -0.3 is 11.5 Å². The average molecular weight is 248 g/mol. The van der Waals surface area contributed by atoms with Crippen LogP contribution in [0.5, 0.6) is 0 Å². The van der Waals surface area contributed by atoms with Gasteiger partial charge in [0.25, 0.3) is 11.1 Å². The molecule has 96 valence electrons. The summed E-state index contributed by atoms with van der Waals surface area (Å²) in [6.45, 7) is 3.84. The molecule has 6 nitrogen and oxygen atoms in total. The third-order valence-corrected chi connectivity index (χ3v) is 2.89. The number of hydrogen-bond acceptors (Lipinski definition) is 4. The monoisotopic (exact) mass is 248 g/mol. The van der Waals surface area contributed by atoms with Crippen molar-refractivity contribution in [1.82, 2.24) is 9.36 Å². The zero-order valence-electron chi connectivity index (χ0n) is 10.4. The molecular formula is C12H16N4O2. The largest absolute Gasteiger partial charge is 0.399 e. The minimum atomic E-state index is -0.573. The van der Waals surface area contributed by atoms with Crippen molar-refractivity contribution >= 4 is 16.5 Å². The maximum Gasteiger partial charge on any atom is 0.274 e. The van der Waals surface area contributed by atoms with Crippen LogP contribution in [-0.4, -0.2) is 9.36 Å². The Bertz CT molecular complexity index is 712. The second-order valence-corrected chi connectivity index (χ2v) is 4.22. The van der Waals surface area contributed by atoms with E-state index in [0.717, 1.165) is 0 Å². The third-order valence-electron chi connectivity index (χ3n) is 2.89. The van der Waals surface area contributed by atoms with Gasteiger partial charge in [-0.25, -0.2) is 9.36 Å². The Labute approximate surface area is 103 Å². The number of anilines is 1. The van der Waals surface area contributed by atoms with Crippen LogP contribution in [0.3, 0.4) is 0 Å². The Morgan fingerprint density at radius 2 is 1.89 bits per heavy atom. The fourth-order valence-corrected chi connectivity index (χ4v) is 2.10. The molecule has 1 unspecified atom stereocenters. The topological polar surface area (TPSA) is 96.0 Å². The van der Waals surface area contributed by atoms with E-state index in [4.69, 9.17) is 11.5 Å². The van der Waals surface area contributed by atoms with Crippen LogP contribution in [0.25, 0.3) is 10.8 Å². The molecule has 0 amide bonds. The van der Waals surface area contributed by atoms with E-state index in [0.29, 0.717) is 23.0 Å². The Morgan fingerprint density at radius 1 is 1.22 bits per heavy atom. The summed E-state index contributed by atoms with van der Waals surface area (Å²) in [5.41, 5.74) is 11.3. The second kappa shape index (κ2) is 4.30. The number of aromatic nitrogens is 2. The summed E-state index contributed by atoms with van der Waals surface area (Å²) in [5, 5.41) is 0.676. The normalized spacial score (nSPS) is 12.8. The predicted molar refractivity (Wildman–Crippen MR) is 71.5 cm³/mol. The van der Waals surface area contributed by atoms with Crippen LogP contribution in [0.4, 0.5) is 5.69 Å². The van der Waals surface area contributed by atoms with Gasteiger partial charge in [-0.2, -0.15) is 0 Å². The number of nitrogen functional groups attached to an aromatic ring is 1. The van der Waals surface area contributed by atoms with Crippen molar-refractivity contribution in [2.75, 3.05) is 5.73 Å². The maximum atomic E-state index is 12.3. The Hall–Kier alpha value is -2.08. The fourth-order valence-electron chi connectivity index (χ4n) is 2.10. The molecule has 0 aliphatic rings. The van der Waals surface area contributed by atoms with E-state index in [1.807, 2.05) is 0 Å².